The van der Waals surface area contributed by atoms with Gasteiger partial charge in [0.2, 0.25) is 5.91 Å². The maximum Gasteiger partial charge on any atom is 0.234 e. The first kappa shape index (κ1) is 6.87. The maximum atomic E-state index is 10.5. The van der Waals surface area contributed by atoms with Crippen LogP contribution in [0, 0.1) is 5.92 Å². The second-order valence-electron chi connectivity index (χ2n) is 2.38. The molecule has 0 aromatic heterocycles. The highest BCUT2D eigenvalue weighted by Crippen LogP contribution is 2.27. The zero-order valence-corrected chi connectivity index (χ0v) is 5.95. The van der Waals surface area contributed by atoms with E-state index in [4.69, 9.17) is 11.6 Å². The Balaban J connectivity index is 1.96. The smallest absolute Gasteiger partial charge is 0.234 e. The lowest BCUT2D eigenvalue weighted by Gasteiger charge is -1.97. The zero-order chi connectivity index (χ0) is 6.69. The quantitative estimate of drug-likeness (QED) is 0.587. The summed E-state index contributed by atoms with van der Waals surface area (Å²) in [5.41, 5.74) is 0. The van der Waals surface area contributed by atoms with Crippen molar-refractivity contribution in [2.75, 3.05) is 12.4 Å². The van der Waals surface area contributed by atoms with Crippen molar-refractivity contribution >= 4 is 17.5 Å². The lowest BCUT2D eigenvalue weighted by Crippen LogP contribution is -2.26. The van der Waals surface area contributed by atoms with Crippen LogP contribution in [0.4, 0.5) is 0 Å². The number of hydrogen-bond acceptors (Lipinski definition) is 1. The van der Waals surface area contributed by atoms with E-state index in [0.717, 1.165) is 12.5 Å². The molecule has 1 fully saturated rings. The fourth-order valence-corrected chi connectivity index (χ4v) is 0.722. The lowest BCUT2D eigenvalue weighted by molar-refractivity contribution is -0.118. The molecule has 0 bridgehead atoms. The number of rotatable bonds is 3. The van der Waals surface area contributed by atoms with E-state index in [0.29, 0.717) is 0 Å². The molecule has 0 atom stereocenters. The molecule has 2 nitrogen and oxygen atoms in total. The summed E-state index contributed by atoms with van der Waals surface area (Å²) in [6.45, 7) is 0.825. The van der Waals surface area contributed by atoms with Gasteiger partial charge in [0.25, 0.3) is 0 Å². The Morgan fingerprint density at radius 3 is 2.78 bits per heavy atom. The van der Waals surface area contributed by atoms with Crippen LogP contribution in [0.15, 0.2) is 0 Å². The predicted molar refractivity (Wildman–Crippen MR) is 36.5 cm³/mol. The van der Waals surface area contributed by atoms with Crippen molar-refractivity contribution in [3.05, 3.63) is 0 Å². The molecular formula is C6H10ClNO. The van der Waals surface area contributed by atoms with Crippen molar-refractivity contribution in [3.8, 4) is 0 Å². The molecule has 1 N–H and O–H groups in total. The molecule has 0 aromatic carbocycles. The van der Waals surface area contributed by atoms with E-state index in [1.165, 1.54) is 12.8 Å². The molecule has 1 rings (SSSR count). The third-order valence-electron chi connectivity index (χ3n) is 1.41. The van der Waals surface area contributed by atoms with Gasteiger partial charge < -0.3 is 5.32 Å². The molecule has 1 aliphatic carbocycles. The number of carbonyl (C=O) groups excluding carboxylic acids is 1. The molecule has 0 spiro atoms. The van der Waals surface area contributed by atoms with Crippen molar-refractivity contribution in [2.24, 2.45) is 5.92 Å². The zero-order valence-electron chi connectivity index (χ0n) is 5.19. The summed E-state index contributed by atoms with van der Waals surface area (Å²) in [7, 11) is 0. The Kier molecular flexibility index (Phi) is 2.34. The van der Waals surface area contributed by atoms with Gasteiger partial charge in [0.1, 0.15) is 5.88 Å². The highest BCUT2D eigenvalue weighted by atomic mass is 35.5. The van der Waals surface area contributed by atoms with Gasteiger partial charge in [-0.3, -0.25) is 4.79 Å². The van der Waals surface area contributed by atoms with Crippen LogP contribution in [0.1, 0.15) is 12.8 Å². The number of halogens is 1. The summed E-state index contributed by atoms with van der Waals surface area (Å²) in [5.74, 6) is 0.785. The molecule has 3 heteroatoms. The van der Waals surface area contributed by atoms with Crippen molar-refractivity contribution < 1.29 is 4.79 Å². The summed E-state index contributed by atoms with van der Waals surface area (Å²) < 4.78 is 0. The largest absolute Gasteiger partial charge is 0.355 e. The van der Waals surface area contributed by atoms with Crippen LogP contribution in [0.2, 0.25) is 0 Å². The summed E-state index contributed by atoms with van der Waals surface area (Å²) in [6, 6.07) is 0. The normalized spacial score (nSPS) is 17.4. The Bertz CT molecular complexity index is 112. The average Bonchev–Trinajstić information content (AvgIpc) is 2.65. The van der Waals surface area contributed by atoms with E-state index >= 15 is 0 Å². The van der Waals surface area contributed by atoms with Gasteiger partial charge in [-0.1, -0.05) is 0 Å². The minimum Gasteiger partial charge on any atom is -0.355 e. The molecule has 1 amide bonds. The molecule has 0 aromatic rings. The van der Waals surface area contributed by atoms with Gasteiger partial charge in [-0.15, -0.1) is 11.6 Å². The van der Waals surface area contributed by atoms with E-state index < -0.39 is 0 Å². The third kappa shape index (κ3) is 2.70. The molecule has 1 aliphatic rings. The first-order valence-corrected chi connectivity index (χ1v) is 3.69. The van der Waals surface area contributed by atoms with Gasteiger partial charge in [-0.25, -0.2) is 0 Å². The molecule has 0 heterocycles. The summed E-state index contributed by atoms with van der Waals surface area (Å²) in [5, 5.41) is 2.72. The van der Waals surface area contributed by atoms with E-state index in [1.54, 1.807) is 0 Å². The maximum absolute atomic E-state index is 10.5. The number of alkyl halides is 1. The number of amides is 1. The SMILES string of the molecule is O=C(CCl)NCC1CC1. The highest BCUT2D eigenvalue weighted by molar-refractivity contribution is 6.27. The summed E-state index contributed by atoms with van der Waals surface area (Å²) >= 11 is 5.24. The van der Waals surface area contributed by atoms with Crippen LogP contribution in [-0.4, -0.2) is 18.3 Å². The second kappa shape index (κ2) is 3.06. The number of carbonyl (C=O) groups is 1. The van der Waals surface area contributed by atoms with Gasteiger partial charge in [0.05, 0.1) is 0 Å². The molecule has 0 unspecified atom stereocenters. The van der Waals surface area contributed by atoms with Crippen molar-refractivity contribution in [1.82, 2.24) is 5.32 Å². The van der Waals surface area contributed by atoms with Gasteiger partial charge in [0.15, 0.2) is 0 Å². The van der Waals surface area contributed by atoms with E-state index in [-0.39, 0.29) is 11.8 Å². The second-order valence-corrected chi connectivity index (χ2v) is 2.65. The van der Waals surface area contributed by atoms with Crippen LogP contribution < -0.4 is 5.32 Å². The topological polar surface area (TPSA) is 29.1 Å². The van der Waals surface area contributed by atoms with Crippen molar-refractivity contribution in [1.29, 1.82) is 0 Å². The summed E-state index contributed by atoms with van der Waals surface area (Å²) in [4.78, 5) is 10.5. The minimum atomic E-state index is -0.0523. The molecule has 0 saturated heterocycles. The molecule has 0 radical (unpaired) electrons. The van der Waals surface area contributed by atoms with Crippen LogP contribution in [0.25, 0.3) is 0 Å². The molecular weight excluding hydrogens is 138 g/mol. The van der Waals surface area contributed by atoms with E-state index in [1.807, 2.05) is 0 Å². The predicted octanol–water partition coefficient (Wildman–Crippen LogP) is 0.751. The molecule has 9 heavy (non-hydrogen) atoms. The van der Waals surface area contributed by atoms with Crippen molar-refractivity contribution in [2.45, 2.75) is 12.8 Å². The van der Waals surface area contributed by atoms with Crippen LogP contribution in [-0.2, 0) is 4.79 Å². The fourth-order valence-electron chi connectivity index (χ4n) is 0.627. The third-order valence-corrected chi connectivity index (χ3v) is 1.65. The Labute approximate surface area is 59.6 Å². The summed E-state index contributed by atoms with van der Waals surface area (Å²) in [6.07, 6.45) is 2.53. The number of nitrogens with one attached hydrogen (secondary N) is 1. The highest BCUT2D eigenvalue weighted by Gasteiger charge is 2.21. The van der Waals surface area contributed by atoms with Gasteiger partial charge in [-0.05, 0) is 18.8 Å². The van der Waals surface area contributed by atoms with Gasteiger partial charge >= 0.3 is 0 Å². The minimum absolute atomic E-state index is 0.0523. The van der Waals surface area contributed by atoms with Crippen LogP contribution in [0.5, 0.6) is 0 Å². The molecule has 52 valence electrons. The van der Waals surface area contributed by atoms with Crippen molar-refractivity contribution in [3.63, 3.8) is 0 Å². The van der Waals surface area contributed by atoms with E-state index in [2.05, 4.69) is 5.32 Å². The standard InChI is InChI=1S/C6H10ClNO/c7-3-6(9)8-4-5-1-2-5/h5H,1-4H2,(H,8,9). The van der Waals surface area contributed by atoms with E-state index in [9.17, 15) is 4.79 Å². The molecule has 1 saturated carbocycles. The monoisotopic (exact) mass is 147 g/mol. The number of hydrogen-bond donors (Lipinski definition) is 1. The lowest BCUT2D eigenvalue weighted by atomic mass is 10.4. The van der Waals surface area contributed by atoms with Gasteiger partial charge in [-0.2, -0.15) is 0 Å². The Hall–Kier alpha value is -0.240. The Morgan fingerprint density at radius 1 is 1.67 bits per heavy atom. The first-order chi connectivity index (χ1) is 4.33. The van der Waals surface area contributed by atoms with Crippen LogP contribution >= 0.6 is 11.6 Å². The fraction of sp³-hybridized carbons (Fsp3) is 0.833. The molecule has 0 aliphatic heterocycles. The Morgan fingerprint density at radius 2 is 2.33 bits per heavy atom. The van der Waals surface area contributed by atoms with Crippen LogP contribution in [0.3, 0.4) is 0 Å². The first-order valence-electron chi connectivity index (χ1n) is 3.15. The van der Waals surface area contributed by atoms with Gasteiger partial charge in [0, 0.05) is 6.54 Å². The average molecular weight is 148 g/mol.